The number of allylic oxidation sites excluding steroid dienone is 1. The fraction of sp³-hybridized carbons (Fsp3) is 0.300. The van der Waals surface area contributed by atoms with E-state index in [1.807, 2.05) is 19.9 Å². The zero-order chi connectivity index (χ0) is 16.3. The molecule has 0 atom stereocenters. The van der Waals surface area contributed by atoms with Crippen molar-refractivity contribution in [3.8, 4) is 0 Å². The number of aryl methyl sites for hydroxylation is 3. The van der Waals surface area contributed by atoms with Crippen LogP contribution in [0.3, 0.4) is 0 Å². The minimum Gasteiger partial charge on any atom is -0.341 e. The van der Waals surface area contributed by atoms with Gasteiger partial charge < -0.3 is 4.90 Å². The molecule has 0 aliphatic heterocycles. The number of anilines is 1. The van der Waals surface area contributed by atoms with Crippen LogP contribution >= 0.6 is 0 Å². The number of nitrogens with zero attached hydrogens (tertiary/aromatic N) is 1. The van der Waals surface area contributed by atoms with E-state index in [2.05, 4.69) is 43.5 Å². The Bertz CT molecular complexity index is 688. The average molecular weight is 297 g/mol. The van der Waals surface area contributed by atoms with E-state index < -0.39 is 0 Å². The van der Waals surface area contributed by atoms with Crippen LogP contribution in [0.2, 0.25) is 0 Å². The van der Waals surface area contributed by atoms with Gasteiger partial charge in [-0.25, -0.2) is 4.39 Å². The third-order valence-corrected chi connectivity index (χ3v) is 3.99. The molecule has 0 amide bonds. The van der Waals surface area contributed by atoms with Crippen molar-refractivity contribution >= 4 is 5.69 Å². The summed E-state index contributed by atoms with van der Waals surface area (Å²) in [5.74, 6) is -0.216. The first-order chi connectivity index (χ1) is 10.4. The minimum absolute atomic E-state index is 0.216. The third kappa shape index (κ3) is 3.56. The number of halogens is 1. The van der Waals surface area contributed by atoms with Gasteiger partial charge in [0.25, 0.3) is 0 Å². The van der Waals surface area contributed by atoms with Crippen molar-refractivity contribution < 1.29 is 4.39 Å². The summed E-state index contributed by atoms with van der Waals surface area (Å²) in [7, 11) is 0. The van der Waals surface area contributed by atoms with Gasteiger partial charge in [0.2, 0.25) is 0 Å². The van der Waals surface area contributed by atoms with Crippen LogP contribution in [0, 0.1) is 19.7 Å². The molecule has 2 rings (SSSR count). The van der Waals surface area contributed by atoms with Gasteiger partial charge in [0.15, 0.2) is 0 Å². The summed E-state index contributed by atoms with van der Waals surface area (Å²) in [6, 6.07) is 11.4. The van der Waals surface area contributed by atoms with Gasteiger partial charge in [0.05, 0.1) is 0 Å². The normalized spacial score (nSPS) is 10.6. The molecule has 0 saturated heterocycles. The Balaban J connectivity index is 2.44. The maximum absolute atomic E-state index is 13.7. The van der Waals surface area contributed by atoms with Crippen molar-refractivity contribution in [3.05, 3.63) is 76.7 Å². The maximum atomic E-state index is 13.7. The molecule has 116 valence electrons. The highest BCUT2D eigenvalue weighted by atomic mass is 19.1. The highest BCUT2D eigenvalue weighted by Gasteiger charge is 2.14. The van der Waals surface area contributed by atoms with Crippen LogP contribution in [0.25, 0.3) is 0 Å². The highest BCUT2D eigenvalue weighted by Crippen LogP contribution is 2.27. The molecule has 22 heavy (non-hydrogen) atoms. The zero-order valence-electron chi connectivity index (χ0n) is 13.9. The zero-order valence-corrected chi connectivity index (χ0v) is 13.9. The number of hydrogen-bond donors (Lipinski definition) is 0. The molecule has 2 heteroatoms. The van der Waals surface area contributed by atoms with Gasteiger partial charge in [-0.3, -0.25) is 0 Å². The molecule has 1 nitrogen and oxygen atoms in total. The van der Waals surface area contributed by atoms with Gasteiger partial charge in [-0.05, 0) is 56.0 Å². The van der Waals surface area contributed by atoms with Crippen LogP contribution in [0.4, 0.5) is 10.1 Å². The number of benzene rings is 2. The maximum Gasteiger partial charge on any atom is 0.125 e. The van der Waals surface area contributed by atoms with Crippen molar-refractivity contribution in [2.75, 3.05) is 4.90 Å². The lowest BCUT2D eigenvalue weighted by atomic mass is 10.0. The molecule has 0 saturated carbocycles. The average Bonchev–Trinajstić information content (AvgIpc) is 2.47. The summed E-state index contributed by atoms with van der Waals surface area (Å²) in [5.41, 5.74) is 6.69. The van der Waals surface area contributed by atoms with E-state index in [1.54, 1.807) is 6.07 Å². The Hall–Kier alpha value is -2.09. The van der Waals surface area contributed by atoms with E-state index in [1.165, 1.54) is 22.8 Å². The van der Waals surface area contributed by atoms with Gasteiger partial charge in [-0.15, -0.1) is 0 Å². The molecule has 2 aromatic carbocycles. The molecule has 0 spiro atoms. The Morgan fingerprint density at radius 2 is 1.82 bits per heavy atom. The van der Waals surface area contributed by atoms with Crippen molar-refractivity contribution in [2.45, 2.75) is 40.7 Å². The second-order valence-electron chi connectivity index (χ2n) is 5.88. The van der Waals surface area contributed by atoms with Crippen LogP contribution in [0.15, 0.2) is 48.7 Å². The van der Waals surface area contributed by atoms with E-state index in [-0.39, 0.29) is 5.82 Å². The molecule has 2 aromatic rings. The van der Waals surface area contributed by atoms with Gasteiger partial charge in [0.1, 0.15) is 5.82 Å². The van der Waals surface area contributed by atoms with Crippen LogP contribution in [0.1, 0.15) is 36.1 Å². The Labute approximate surface area is 133 Å². The van der Waals surface area contributed by atoms with Gasteiger partial charge >= 0.3 is 0 Å². The SMILES string of the molecule is C=C(C)N(Cc1cc(C)ccc1CC)c1cc(F)ccc1C. The number of rotatable bonds is 5. The van der Waals surface area contributed by atoms with Gasteiger partial charge in [-0.1, -0.05) is 43.3 Å². The lowest BCUT2D eigenvalue weighted by Crippen LogP contribution is -2.21. The van der Waals surface area contributed by atoms with Crippen molar-refractivity contribution in [1.29, 1.82) is 0 Å². The van der Waals surface area contributed by atoms with E-state index in [0.29, 0.717) is 6.54 Å². The lowest BCUT2D eigenvalue weighted by molar-refractivity contribution is 0.626. The van der Waals surface area contributed by atoms with Crippen LogP contribution in [-0.2, 0) is 13.0 Å². The van der Waals surface area contributed by atoms with E-state index in [4.69, 9.17) is 0 Å². The first-order valence-electron chi connectivity index (χ1n) is 7.70. The monoisotopic (exact) mass is 297 g/mol. The van der Waals surface area contributed by atoms with Gasteiger partial charge in [-0.2, -0.15) is 0 Å². The summed E-state index contributed by atoms with van der Waals surface area (Å²) in [4.78, 5) is 2.09. The molecule has 0 heterocycles. The number of hydrogen-bond acceptors (Lipinski definition) is 1. The van der Waals surface area contributed by atoms with Gasteiger partial charge in [0, 0.05) is 17.9 Å². The standard InChI is InChI=1S/C20H24FN/c1-6-17-9-7-15(4)11-18(17)13-22(14(2)3)20-12-19(21)10-8-16(20)5/h7-12H,2,6,13H2,1,3-5H3. The van der Waals surface area contributed by atoms with E-state index in [9.17, 15) is 4.39 Å². The molecule has 0 N–H and O–H groups in total. The summed E-state index contributed by atoms with van der Waals surface area (Å²) in [5, 5.41) is 0. The van der Waals surface area contributed by atoms with E-state index in [0.717, 1.165) is 23.4 Å². The Morgan fingerprint density at radius 1 is 1.09 bits per heavy atom. The van der Waals surface area contributed by atoms with Crippen LogP contribution in [-0.4, -0.2) is 0 Å². The fourth-order valence-corrected chi connectivity index (χ4v) is 2.72. The first kappa shape index (κ1) is 16.3. The predicted octanol–water partition coefficient (Wildman–Crippen LogP) is 5.55. The summed E-state index contributed by atoms with van der Waals surface area (Å²) >= 11 is 0. The third-order valence-electron chi connectivity index (χ3n) is 3.99. The topological polar surface area (TPSA) is 3.24 Å². The van der Waals surface area contributed by atoms with Crippen molar-refractivity contribution in [1.82, 2.24) is 0 Å². The second-order valence-corrected chi connectivity index (χ2v) is 5.88. The van der Waals surface area contributed by atoms with E-state index >= 15 is 0 Å². The quantitative estimate of drug-likeness (QED) is 0.700. The minimum atomic E-state index is -0.216. The van der Waals surface area contributed by atoms with Crippen molar-refractivity contribution in [3.63, 3.8) is 0 Å². The predicted molar refractivity (Wildman–Crippen MR) is 92.7 cm³/mol. The Morgan fingerprint density at radius 3 is 2.45 bits per heavy atom. The molecule has 0 bridgehead atoms. The fourth-order valence-electron chi connectivity index (χ4n) is 2.72. The molecule has 0 radical (unpaired) electrons. The molecule has 0 aliphatic carbocycles. The molecular formula is C20H24FN. The largest absolute Gasteiger partial charge is 0.341 e. The van der Waals surface area contributed by atoms with Crippen molar-refractivity contribution in [2.24, 2.45) is 0 Å². The summed E-state index contributed by atoms with van der Waals surface area (Å²) < 4.78 is 13.7. The first-order valence-corrected chi connectivity index (χ1v) is 7.70. The molecule has 0 unspecified atom stereocenters. The molecule has 0 aromatic heterocycles. The summed E-state index contributed by atoms with van der Waals surface area (Å²) in [6.45, 7) is 13.0. The highest BCUT2D eigenvalue weighted by molar-refractivity contribution is 5.58. The molecule has 0 aliphatic rings. The Kier molecular flexibility index (Phi) is 5.02. The molecule has 0 fully saturated rings. The smallest absolute Gasteiger partial charge is 0.125 e. The lowest BCUT2D eigenvalue weighted by Gasteiger charge is -2.28. The molecular weight excluding hydrogens is 273 g/mol. The summed E-state index contributed by atoms with van der Waals surface area (Å²) in [6.07, 6.45) is 0.988. The van der Waals surface area contributed by atoms with Crippen LogP contribution < -0.4 is 4.90 Å². The van der Waals surface area contributed by atoms with Crippen LogP contribution in [0.5, 0.6) is 0 Å². The second kappa shape index (κ2) is 6.78.